The van der Waals surface area contributed by atoms with Gasteiger partial charge in [-0.25, -0.2) is 4.39 Å². The molecule has 1 aromatic carbocycles. The number of methoxy groups -OCH3 is 1. The van der Waals surface area contributed by atoms with Crippen molar-refractivity contribution in [2.24, 2.45) is 0 Å². The third-order valence-corrected chi connectivity index (χ3v) is 3.15. The molecule has 90 valence electrons. The molecule has 1 aromatic rings. The van der Waals surface area contributed by atoms with Gasteiger partial charge in [0.15, 0.2) is 0 Å². The van der Waals surface area contributed by atoms with Crippen LogP contribution in [0.5, 0.6) is 0 Å². The average Bonchev–Trinajstić information content (AvgIpc) is 2.28. The summed E-state index contributed by atoms with van der Waals surface area (Å²) in [4.78, 5) is 0. The summed E-state index contributed by atoms with van der Waals surface area (Å²) in [7, 11) is 3.61. The van der Waals surface area contributed by atoms with Crippen molar-refractivity contribution in [1.82, 2.24) is 5.32 Å². The Morgan fingerprint density at radius 1 is 1.50 bits per heavy atom. The van der Waals surface area contributed by atoms with Crippen LogP contribution in [-0.2, 0) is 11.2 Å². The van der Waals surface area contributed by atoms with Crippen LogP contribution in [0.1, 0.15) is 12.0 Å². The van der Waals surface area contributed by atoms with Crippen LogP contribution < -0.4 is 5.32 Å². The SMILES string of the molecule is CNC(CCc1ccc(F)c(Br)c1)COC. The van der Waals surface area contributed by atoms with Crippen molar-refractivity contribution >= 4 is 15.9 Å². The third kappa shape index (κ3) is 4.20. The van der Waals surface area contributed by atoms with Crippen LogP contribution in [0.15, 0.2) is 22.7 Å². The number of ether oxygens (including phenoxy) is 1. The number of likely N-dealkylation sites (N-methyl/N-ethyl adjacent to an activating group) is 1. The van der Waals surface area contributed by atoms with Crippen molar-refractivity contribution in [2.45, 2.75) is 18.9 Å². The molecule has 0 heterocycles. The largest absolute Gasteiger partial charge is 0.383 e. The predicted molar refractivity (Wildman–Crippen MR) is 67.1 cm³/mol. The van der Waals surface area contributed by atoms with Crippen LogP contribution in [0.25, 0.3) is 0 Å². The Hall–Kier alpha value is -0.450. The molecule has 2 nitrogen and oxygen atoms in total. The Balaban J connectivity index is 2.50. The van der Waals surface area contributed by atoms with Gasteiger partial charge in [-0.2, -0.15) is 0 Å². The van der Waals surface area contributed by atoms with Gasteiger partial charge in [-0.3, -0.25) is 0 Å². The molecule has 0 spiro atoms. The first-order chi connectivity index (χ1) is 7.67. The van der Waals surface area contributed by atoms with Crippen LogP contribution >= 0.6 is 15.9 Å². The lowest BCUT2D eigenvalue weighted by molar-refractivity contribution is 0.166. The fourth-order valence-corrected chi connectivity index (χ4v) is 1.97. The second-order valence-corrected chi connectivity index (χ2v) is 4.58. The van der Waals surface area contributed by atoms with Crippen molar-refractivity contribution in [2.75, 3.05) is 20.8 Å². The fraction of sp³-hybridized carbons (Fsp3) is 0.500. The third-order valence-electron chi connectivity index (χ3n) is 2.54. The molecule has 0 aliphatic carbocycles. The molecule has 1 unspecified atom stereocenters. The number of benzene rings is 1. The van der Waals surface area contributed by atoms with Crippen LogP contribution in [-0.4, -0.2) is 26.8 Å². The Bertz CT molecular complexity index is 333. The molecular formula is C12H17BrFNO. The van der Waals surface area contributed by atoms with E-state index in [4.69, 9.17) is 4.74 Å². The van der Waals surface area contributed by atoms with E-state index >= 15 is 0 Å². The number of rotatable bonds is 6. The van der Waals surface area contributed by atoms with Gasteiger partial charge in [0.1, 0.15) is 5.82 Å². The van der Waals surface area contributed by atoms with Gasteiger partial charge in [-0.05, 0) is 53.5 Å². The fourth-order valence-electron chi connectivity index (χ4n) is 1.55. The molecule has 1 atom stereocenters. The Morgan fingerprint density at radius 2 is 2.25 bits per heavy atom. The number of nitrogens with one attached hydrogen (secondary N) is 1. The van der Waals surface area contributed by atoms with Crippen LogP contribution in [0.3, 0.4) is 0 Å². The van der Waals surface area contributed by atoms with Crippen LogP contribution in [0.2, 0.25) is 0 Å². The van der Waals surface area contributed by atoms with Crippen molar-refractivity contribution in [3.05, 3.63) is 34.1 Å². The molecule has 0 fully saturated rings. The Morgan fingerprint density at radius 3 is 2.81 bits per heavy atom. The number of halogens is 2. The van der Waals surface area contributed by atoms with Gasteiger partial charge < -0.3 is 10.1 Å². The summed E-state index contributed by atoms with van der Waals surface area (Å²) in [5.41, 5.74) is 1.13. The highest BCUT2D eigenvalue weighted by molar-refractivity contribution is 9.10. The van der Waals surface area contributed by atoms with E-state index in [2.05, 4.69) is 21.2 Å². The lowest BCUT2D eigenvalue weighted by Gasteiger charge is -2.14. The molecule has 0 radical (unpaired) electrons. The lowest BCUT2D eigenvalue weighted by atomic mass is 10.1. The Labute approximate surface area is 104 Å². The van der Waals surface area contributed by atoms with Crippen LogP contribution in [0.4, 0.5) is 4.39 Å². The van der Waals surface area contributed by atoms with Crippen molar-refractivity contribution in [1.29, 1.82) is 0 Å². The van der Waals surface area contributed by atoms with Gasteiger partial charge in [0, 0.05) is 13.2 Å². The van der Waals surface area contributed by atoms with Gasteiger partial charge in [-0.15, -0.1) is 0 Å². The first-order valence-electron chi connectivity index (χ1n) is 5.27. The normalized spacial score (nSPS) is 12.8. The summed E-state index contributed by atoms with van der Waals surface area (Å²) < 4.78 is 18.6. The van der Waals surface area contributed by atoms with E-state index in [9.17, 15) is 4.39 Å². The summed E-state index contributed by atoms with van der Waals surface area (Å²) in [6.07, 6.45) is 1.89. The lowest BCUT2D eigenvalue weighted by Crippen LogP contribution is -2.30. The van der Waals surface area contributed by atoms with Gasteiger partial charge >= 0.3 is 0 Å². The molecule has 0 bridgehead atoms. The summed E-state index contributed by atoms with van der Waals surface area (Å²) in [6.45, 7) is 0.693. The Kier molecular flexibility index (Phi) is 5.95. The zero-order chi connectivity index (χ0) is 12.0. The average molecular weight is 290 g/mol. The minimum absolute atomic E-state index is 0.217. The first-order valence-corrected chi connectivity index (χ1v) is 6.06. The number of aryl methyl sites for hydroxylation is 1. The van der Waals surface area contributed by atoms with Crippen molar-refractivity contribution < 1.29 is 9.13 Å². The maximum absolute atomic E-state index is 13.0. The van der Waals surface area contributed by atoms with Gasteiger partial charge in [0.05, 0.1) is 11.1 Å². The maximum atomic E-state index is 13.0. The van der Waals surface area contributed by atoms with Gasteiger partial charge in [0.2, 0.25) is 0 Å². The molecule has 16 heavy (non-hydrogen) atoms. The molecule has 0 aromatic heterocycles. The highest BCUT2D eigenvalue weighted by Gasteiger charge is 2.06. The minimum Gasteiger partial charge on any atom is -0.383 e. The summed E-state index contributed by atoms with van der Waals surface area (Å²) in [6, 6.07) is 5.48. The summed E-state index contributed by atoms with van der Waals surface area (Å²) >= 11 is 3.19. The smallest absolute Gasteiger partial charge is 0.137 e. The second-order valence-electron chi connectivity index (χ2n) is 3.73. The zero-order valence-electron chi connectivity index (χ0n) is 9.59. The molecule has 0 amide bonds. The van der Waals surface area contributed by atoms with E-state index in [-0.39, 0.29) is 5.82 Å². The molecule has 0 saturated heterocycles. The standard InChI is InChI=1S/C12H17BrFNO/c1-15-10(8-16-2)5-3-9-4-6-12(14)11(13)7-9/h4,6-7,10,15H,3,5,8H2,1-2H3. The van der Waals surface area contributed by atoms with Crippen molar-refractivity contribution in [3.63, 3.8) is 0 Å². The van der Waals surface area contributed by atoms with Gasteiger partial charge in [-0.1, -0.05) is 6.07 Å². The molecule has 0 aliphatic rings. The molecule has 1 N–H and O–H groups in total. The molecule has 0 saturated carbocycles. The predicted octanol–water partition coefficient (Wildman–Crippen LogP) is 2.76. The van der Waals surface area contributed by atoms with Gasteiger partial charge in [0.25, 0.3) is 0 Å². The minimum atomic E-state index is -0.217. The molecule has 4 heteroatoms. The van der Waals surface area contributed by atoms with E-state index in [0.717, 1.165) is 18.4 Å². The molecule has 1 rings (SSSR count). The van der Waals surface area contributed by atoms with E-state index in [1.165, 1.54) is 6.07 Å². The molecule has 0 aliphatic heterocycles. The number of hydrogen-bond acceptors (Lipinski definition) is 2. The quantitative estimate of drug-likeness (QED) is 0.870. The topological polar surface area (TPSA) is 21.3 Å². The van der Waals surface area contributed by atoms with Crippen molar-refractivity contribution in [3.8, 4) is 0 Å². The maximum Gasteiger partial charge on any atom is 0.137 e. The van der Waals surface area contributed by atoms with E-state index in [1.807, 2.05) is 19.2 Å². The van der Waals surface area contributed by atoms with E-state index < -0.39 is 0 Å². The zero-order valence-corrected chi connectivity index (χ0v) is 11.2. The van der Waals surface area contributed by atoms with E-state index in [1.54, 1.807) is 7.11 Å². The van der Waals surface area contributed by atoms with E-state index in [0.29, 0.717) is 17.1 Å². The monoisotopic (exact) mass is 289 g/mol. The second kappa shape index (κ2) is 6.99. The summed E-state index contributed by atoms with van der Waals surface area (Å²) in [5.74, 6) is -0.217. The molecular weight excluding hydrogens is 273 g/mol. The first kappa shape index (κ1) is 13.6. The summed E-state index contributed by atoms with van der Waals surface area (Å²) in [5, 5.41) is 3.19. The number of hydrogen-bond donors (Lipinski definition) is 1. The highest BCUT2D eigenvalue weighted by Crippen LogP contribution is 2.18. The van der Waals surface area contributed by atoms with Crippen LogP contribution in [0, 0.1) is 5.82 Å². The highest BCUT2D eigenvalue weighted by atomic mass is 79.9.